The normalized spacial score (nSPS) is 31.3. The van der Waals surface area contributed by atoms with E-state index < -0.39 is 5.54 Å². The van der Waals surface area contributed by atoms with Gasteiger partial charge in [-0.2, -0.15) is 0 Å². The molecule has 1 aliphatic heterocycles. The van der Waals surface area contributed by atoms with Gasteiger partial charge < -0.3 is 20.5 Å². The Morgan fingerprint density at radius 3 is 3.06 bits per heavy atom. The van der Waals surface area contributed by atoms with Gasteiger partial charge in [0.15, 0.2) is 0 Å². The summed E-state index contributed by atoms with van der Waals surface area (Å²) in [5, 5.41) is 2.64. The van der Waals surface area contributed by atoms with Crippen molar-refractivity contribution in [2.24, 2.45) is 5.73 Å². The summed E-state index contributed by atoms with van der Waals surface area (Å²) in [6.45, 7) is 0.434. The van der Waals surface area contributed by atoms with E-state index >= 15 is 0 Å². The van der Waals surface area contributed by atoms with Gasteiger partial charge >= 0.3 is 0 Å². The van der Waals surface area contributed by atoms with Crippen molar-refractivity contribution >= 4 is 5.91 Å². The Labute approximate surface area is 105 Å². The van der Waals surface area contributed by atoms with Crippen LogP contribution in [-0.2, 0) is 4.74 Å². The Bertz CT molecular complexity index is 517. The quantitative estimate of drug-likeness (QED) is 0.804. The molecule has 3 rings (SSSR count). The number of rotatable bonds is 3. The molecule has 3 atom stereocenters. The fraction of sp³-hybridized carbons (Fsp3) is 0.462. The Balaban J connectivity index is 2.01. The molecule has 18 heavy (non-hydrogen) atoms. The summed E-state index contributed by atoms with van der Waals surface area (Å²) in [4.78, 5) is 11.9. The minimum absolute atomic E-state index is 0.0564. The summed E-state index contributed by atoms with van der Waals surface area (Å²) in [6, 6.07) is 5.50. The van der Waals surface area contributed by atoms with Crippen LogP contribution in [-0.4, -0.2) is 38.3 Å². The monoisotopic (exact) mass is 248 g/mol. The first kappa shape index (κ1) is 11.5. The van der Waals surface area contributed by atoms with Gasteiger partial charge in [0.25, 0.3) is 5.91 Å². The van der Waals surface area contributed by atoms with Gasteiger partial charge in [-0.05, 0) is 12.1 Å². The lowest BCUT2D eigenvalue weighted by atomic mass is 9.99. The lowest BCUT2D eigenvalue weighted by molar-refractivity contribution is 0.0961. The lowest BCUT2D eigenvalue weighted by Gasteiger charge is -2.17. The Hall–Kier alpha value is -1.59. The van der Waals surface area contributed by atoms with Gasteiger partial charge in [0, 0.05) is 25.3 Å². The third kappa shape index (κ3) is 1.31. The SMILES string of the molecule is CNC(=O)c1cccc2c1C1C(O2)C1(N)COC. The van der Waals surface area contributed by atoms with Crippen molar-refractivity contribution in [2.75, 3.05) is 20.8 Å². The Morgan fingerprint density at radius 2 is 2.39 bits per heavy atom. The van der Waals surface area contributed by atoms with Gasteiger partial charge in [0.1, 0.15) is 11.9 Å². The van der Waals surface area contributed by atoms with Crippen LogP contribution in [0.5, 0.6) is 5.75 Å². The summed E-state index contributed by atoms with van der Waals surface area (Å²) in [7, 11) is 3.24. The van der Waals surface area contributed by atoms with Crippen LogP contribution in [0.3, 0.4) is 0 Å². The fourth-order valence-corrected chi connectivity index (χ4v) is 2.88. The molecular formula is C13H16N2O3. The van der Waals surface area contributed by atoms with E-state index in [1.165, 1.54) is 0 Å². The van der Waals surface area contributed by atoms with E-state index in [9.17, 15) is 4.79 Å². The van der Waals surface area contributed by atoms with Gasteiger partial charge in [-0.3, -0.25) is 4.79 Å². The third-order valence-corrected chi connectivity index (χ3v) is 3.80. The number of carbonyl (C=O) groups is 1. The number of ether oxygens (including phenoxy) is 2. The fourth-order valence-electron chi connectivity index (χ4n) is 2.88. The number of methoxy groups -OCH3 is 1. The van der Waals surface area contributed by atoms with Crippen molar-refractivity contribution in [3.8, 4) is 5.75 Å². The highest BCUT2D eigenvalue weighted by molar-refractivity contribution is 5.97. The molecule has 2 aliphatic rings. The van der Waals surface area contributed by atoms with Crippen molar-refractivity contribution in [1.29, 1.82) is 0 Å². The van der Waals surface area contributed by atoms with Crippen molar-refractivity contribution in [3.05, 3.63) is 29.3 Å². The molecule has 1 aromatic carbocycles. The van der Waals surface area contributed by atoms with Gasteiger partial charge in [0.05, 0.1) is 18.1 Å². The lowest BCUT2D eigenvalue weighted by Crippen LogP contribution is -2.36. The molecule has 1 amide bonds. The third-order valence-electron chi connectivity index (χ3n) is 3.80. The number of hydrogen-bond donors (Lipinski definition) is 2. The maximum absolute atomic E-state index is 11.9. The number of benzene rings is 1. The van der Waals surface area contributed by atoms with Crippen LogP contribution < -0.4 is 15.8 Å². The summed E-state index contributed by atoms with van der Waals surface area (Å²) in [5.74, 6) is 0.715. The molecule has 1 aliphatic carbocycles. The molecule has 5 nitrogen and oxygen atoms in total. The highest BCUT2D eigenvalue weighted by Gasteiger charge is 2.70. The summed E-state index contributed by atoms with van der Waals surface area (Å²) < 4.78 is 10.9. The molecule has 5 heteroatoms. The minimum atomic E-state index is -0.494. The Kier molecular flexibility index (Phi) is 2.36. The average Bonchev–Trinajstić information content (AvgIpc) is 2.76. The molecular weight excluding hydrogens is 232 g/mol. The predicted octanol–water partition coefficient (Wildman–Crippen LogP) is 0.248. The minimum Gasteiger partial charge on any atom is -0.487 e. The molecule has 0 aromatic heterocycles. The number of nitrogens with two attached hydrogens (primary N) is 1. The molecule has 1 fully saturated rings. The number of carbonyl (C=O) groups excluding carboxylic acids is 1. The highest BCUT2D eigenvalue weighted by atomic mass is 16.5. The second-order valence-electron chi connectivity index (χ2n) is 4.86. The van der Waals surface area contributed by atoms with Crippen LogP contribution >= 0.6 is 0 Å². The smallest absolute Gasteiger partial charge is 0.251 e. The number of fused-ring (bicyclic) bond motifs is 3. The van der Waals surface area contributed by atoms with Crippen LogP contribution in [0, 0.1) is 0 Å². The summed E-state index contributed by atoms with van der Waals surface area (Å²) >= 11 is 0. The van der Waals surface area contributed by atoms with Crippen LogP contribution in [0.2, 0.25) is 0 Å². The van der Waals surface area contributed by atoms with Crippen LogP contribution in [0.4, 0.5) is 0 Å². The zero-order valence-corrected chi connectivity index (χ0v) is 10.4. The molecule has 0 spiro atoms. The first-order chi connectivity index (χ1) is 8.63. The van der Waals surface area contributed by atoms with Crippen LogP contribution in [0.15, 0.2) is 18.2 Å². The van der Waals surface area contributed by atoms with Crippen molar-refractivity contribution < 1.29 is 14.3 Å². The molecule has 0 radical (unpaired) electrons. The zero-order valence-electron chi connectivity index (χ0n) is 10.4. The molecule has 1 aromatic rings. The average molecular weight is 248 g/mol. The van der Waals surface area contributed by atoms with Gasteiger partial charge in [0.2, 0.25) is 0 Å². The number of amides is 1. The maximum Gasteiger partial charge on any atom is 0.251 e. The molecule has 96 valence electrons. The molecule has 1 saturated carbocycles. The van der Waals surface area contributed by atoms with Crippen LogP contribution in [0.25, 0.3) is 0 Å². The largest absolute Gasteiger partial charge is 0.487 e. The standard InChI is InChI=1S/C13H16N2O3/c1-15-12(16)7-4-3-5-8-9(7)10-11(18-8)13(10,14)6-17-2/h3-5,10-11H,6,14H2,1-2H3,(H,15,16). The number of nitrogens with one attached hydrogen (secondary N) is 1. The van der Waals surface area contributed by atoms with Gasteiger partial charge in [-0.15, -0.1) is 0 Å². The molecule has 0 bridgehead atoms. The maximum atomic E-state index is 11.9. The summed E-state index contributed by atoms with van der Waals surface area (Å²) in [6.07, 6.45) is -0.0711. The first-order valence-electron chi connectivity index (χ1n) is 5.93. The number of hydrogen-bond acceptors (Lipinski definition) is 4. The van der Waals surface area contributed by atoms with Gasteiger partial charge in [-0.1, -0.05) is 6.07 Å². The van der Waals surface area contributed by atoms with E-state index in [4.69, 9.17) is 15.2 Å². The molecule has 3 N–H and O–H groups in total. The van der Waals surface area contributed by atoms with E-state index in [0.29, 0.717) is 12.2 Å². The molecule has 1 heterocycles. The van der Waals surface area contributed by atoms with E-state index in [1.807, 2.05) is 12.1 Å². The summed E-state index contributed by atoms with van der Waals surface area (Å²) in [5.41, 5.74) is 7.32. The van der Waals surface area contributed by atoms with E-state index in [-0.39, 0.29) is 17.9 Å². The Morgan fingerprint density at radius 1 is 1.61 bits per heavy atom. The second kappa shape index (κ2) is 3.70. The second-order valence-corrected chi connectivity index (χ2v) is 4.86. The van der Waals surface area contributed by atoms with Crippen molar-refractivity contribution in [1.82, 2.24) is 5.32 Å². The van der Waals surface area contributed by atoms with Crippen molar-refractivity contribution in [2.45, 2.75) is 17.6 Å². The van der Waals surface area contributed by atoms with E-state index in [2.05, 4.69) is 5.32 Å². The topological polar surface area (TPSA) is 73.6 Å². The molecule has 0 saturated heterocycles. The van der Waals surface area contributed by atoms with E-state index in [0.717, 1.165) is 11.3 Å². The highest BCUT2D eigenvalue weighted by Crippen LogP contribution is 2.60. The molecule has 3 unspecified atom stereocenters. The van der Waals surface area contributed by atoms with Crippen molar-refractivity contribution in [3.63, 3.8) is 0 Å². The van der Waals surface area contributed by atoms with E-state index in [1.54, 1.807) is 20.2 Å². The van der Waals surface area contributed by atoms with Gasteiger partial charge in [-0.25, -0.2) is 0 Å². The zero-order chi connectivity index (χ0) is 12.9. The predicted molar refractivity (Wildman–Crippen MR) is 65.8 cm³/mol. The first-order valence-corrected chi connectivity index (χ1v) is 5.93. The van der Waals surface area contributed by atoms with Crippen LogP contribution in [0.1, 0.15) is 21.8 Å².